The molecule has 0 aliphatic rings. The van der Waals surface area contributed by atoms with E-state index in [1.807, 2.05) is 18.3 Å². The number of hydrogen-bond acceptors (Lipinski definition) is 5. The van der Waals surface area contributed by atoms with Crippen molar-refractivity contribution < 1.29 is 18.9 Å². The van der Waals surface area contributed by atoms with Crippen molar-refractivity contribution in [3.8, 4) is 0 Å². The SMILES string of the molecule is C=C/C=C\c1cn(CCOCCOC=C)c(CCOCCOC=C)n1. The summed E-state index contributed by atoms with van der Waals surface area (Å²) in [6.45, 7) is 14.6. The van der Waals surface area contributed by atoms with E-state index in [-0.39, 0.29) is 0 Å². The van der Waals surface area contributed by atoms with Gasteiger partial charge in [-0.1, -0.05) is 31.9 Å². The lowest BCUT2D eigenvalue weighted by atomic mass is 10.4. The van der Waals surface area contributed by atoms with Crippen LogP contribution in [0.1, 0.15) is 11.5 Å². The zero-order chi connectivity index (χ0) is 18.2. The van der Waals surface area contributed by atoms with Gasteiger partial charge in [-0.2, -0.15) is 0 Å². The number of imidazole rings is 1. The van der Waals surface area contributed by atoms with E-state index < -0.39 is 0 Å². The second-order valence-electron chi connectivity index (χ2n) is 4.92. The van der Waals surface area contributed by atoms with Crippen molar-refractivity contribution in [3.05, 3.63) is 62.1 Å². The van der Waals surface area contributed by atoms with E-state index in [1.54, 1.807) is 6.08 Å². The molecule has 6 nitrogen and oxygen atoms in total. The summed E-state index contributed by atoms with van der Waals surface area (Å²) in [6.07, 6.45) is 11.1. The number of rotatable bonds is 16. The van der Waals surface area contributed by atoms with Gasteiger partial charge in [-0.25, -0.2) is 4.98 Å². The van der Waals surface area contributed by atoms with Gasteiger partial charge >= 0.3 is 0 Å². The molecule has 1 aromatic heterocycles. The highest BCUT2D eigenvalue weighted by Gasteiger charge is 2.06. The van der Waals surface area contributed by atoms with Gasteiger partial charge in [0.15, 0.2) is 0 Å². The molecule has 1 aromatic rings. The fraction of sp³-hybridized carbons (Fsp3) is 0.421. The maximum absolute atomic E-state index is 5.54. The molecule has 0 atom stereocenters. The lowest BCUT2D eigenvalue weighted by Crippen LogP contribution is -2.13. The fourth-order valence-electron chi connectivity index (χ4n) is 2.03. The largest absolute Gasteiger partial charge is 0.499 e. The van der Waals surface area contributed by atoms with Crippen LogP contribution in [-0.4, -0.2) is 49.2 Å². The van der Waals surface area contributed by atoms with Gasteiger partial charge in [0, 0.05) is 19.2 Å². The Morgan fingerprint density at radius 1 is 0.920 bits per heavy atom. The van der Waals surface area contributed by atoms with Gasteiger partial charge in [-0.3, -0.25) is 0 Å². The molecule has 0 saturated heterocycles. The average molecular weight is 348 g/mol. The first-order chi connectivity index (χ1) is 12.3. The van der Waals surface area contributed by atoms with Gasteiger partial charge in [0.2, 0.25) is 0 Å². The van der Waals surface area contributed by atoms with Crippen LogP contribution in [-0.2, 0) is 31.9 Å². The standard InChI is InChI=1S/C19H28N2O4/c1-4-7-8-18-17-21(10-12-25-16-14-23-6-3)19(20-18)9-11-24-15-13-22-5-2/h4-8,17H,1-3,9-16H2/b8-7-. The maximum atomic E-state index is 5.54. The average Bonchev–Trinajstić information content (AvgIpc) is 3.01. The summed E-state index contributed by atoms with van der Waals surface area (Å²) in [4.78, 5) is 4.62. The van der Waals surface area contributed by atoms with Gasteiger partial charge in [-0.05, 0) is 6.08 Å². The molecule has 0 aromatic carbocycles. The molecule has 25 heavy (non-hydrogen) atoms. The Morgan fingerprint density at radius 2 is 1.60 bits per heavy atom. The minimum Gasteiger partial charge on any atom is -0.499 e. The molecular weight excluding hydrogens is 320 g/mol. The zero-order valence-electron chi connectivity index (χ0n) is 14.8. The molecule has 1 heterocycles. The van der Waals surface area contributed by atoms with Crippen molar-refractivity contribution in [3.63, 3.8) is 0 Å². The first-order valence-corrected chi connectivity index (χ1v) is 8.27. The van der Waals surface area contributed by atoms with E-state index >= 15 is 0 Å². The van der Waals surface area contributed by atoms with Crippen LogP contribution >= 0.6 is 0 Å². The van der Waals surface area contributed by atoms with Crippen molar-refractivity contribution in [2.24, 2.45) is 0 Å². The van der Waals surface area contributed by atoms with Crippen LogP contribution in [0.25, 0.3) is 6.08 Å². The molecule has 0 fully saturated rings. The van der Waals surface area contributed by atoms with Gasteiger partial charge in [0.25, 0.3) is 0 Å². The minimum atomic E-state index is 0.506. The molecule has 0 aliphatic carbocycles. The fourth-order valence-corrected chi connectivity index (χ4v) is 2.03. The maximum Gasteiger partial charge on any atom is 0.111 e. The summed E-state index contributed by atoms with van der Waals surface area (Å²) in [7, 11) is 0. The summed E-state index contributed by atoms with van der Waals surface area (Å²) in [5.74, 6) is 0.958. The lowest BCUT2D eigenvalue weighted by molar-refractivity contribution is 0.0779. The number of aromatic nitrogens is 2. The third-order valence-electron chi connectivity index (χ3n) is 3.15. The molecule has 0 N–H and O–H groups in total. The Bertz CT molecular complexity index is 500. The molecule has 0 radical (unpaired) electrons. The van der Waals surface area contributed by atoms with Crippen LogP contribution in [0.3, 0.4) is 0 Å². The Hall–Kier alpha value is -2.31. The van der Waals surface area contributed by atoms with Crippen molar-refractivity contribution in [2.75, 3.05) is 39.6 Å². The van der Waals surface area contributed by atoms with Gasteiger partial charge in [0.05, 0.1) is 44.6 Å². The quantitative estimate of drug-likeness (QED) is 0.261. The van der Waals surface area contributed by atoms with Crippen LogP contribution < -0.4 is 0 Å². The van der Waals surface area contributed by atoms with E-state index in [9.17, 15) is 0 Å². The molecule has 0 spiro atoms. The zero-order valence-corrected chi connectivity index (χ0v) is 14.8. The number of nitrogens with zero attached hydrogens (tertiary/aromatic N) is 2. The topological polar surface area (TPSA) is 54.7 Å². The highest BCUT2D eigenvalue weighted by Crippen LogP contribution is 2.07. The van der Waals surface area contributed by atoms with Crippen molar-refractivity contribution in [2.45, 2.75) is 13.0 Å². The predicted molar refractivity (Wildman–Crippen MR) is 99.1 cm³/mol. The molecule has 138 valence electrons. The number of hydrogen-bond donors (Lipinski definition) is 0. The van der Waals surface area contributed by atoms with Gasteiger partial charge in [0.1, 0.15) is 19.0 Å². The highest BCUT2D eigenvalue weighted by molar-refractivity contribution is 5.46. The Kier molecular flexibility index (Phi) is 11.7. The lowest BCUT2D eigenvalue weighted by Gasteiger charge is -2.09. The van der Waals surface area contributed by atoms with E-state index in [0.717, 1.165) is 24.5 Å². The van der Waals surface area contributed by atoms with Crippen molar-refractivity contribution in [1.29, 1.82) is 0 Å². The third kappa shape index (κ3) is 9.54. The monoisotopic (exact) mass is 348 g/mol. The molecule has 0 aliphatic heterocycles. The Labute approximate surface area is 150 Å². The normalized spacial score (nSPS) is 10.7. The van der Waals surface area contributed by atoms with Crippen LogP contribution in [0, 0.1) is 0 Å². The van der Waals surface area contributed by atoms with Crippen LogP contribution in [0.5, 0.6) is 0 Å². The highest BCUT2D eigenvalue weighted by atomic mass is 16.5. The molecule has 6 heteroatoms. The summed E-state index contributed by atoms with van der Waals surface area (Å²) in [5, 5.41) is 0. The number of ether oxygens (including phenoxy) is 4. The molecule has 1 rings (SSSR count). The second kappa shape index (κ2) is 14.1. The first kappa shape index (κ1) is 20.7. The van der Waals surface area contributed by atoms with E-state index in [2.05, 4.69) is 29.3 Å². The van der Waals surface area contributed by atoms with Crippen LogP contribution in [0.15, 0.2) is 50.6 Å². The minimum absolute atomic E-state index is 0.506. The summed E-state index contributed by atoms with van der Waals surface area (Å²) < 4.78 is 23.2. The summed E-state index contributed by atoms with van der Waals surface area (Å²) in [6, 6.07) is 0. The number of allylic oxidation sites excluding steroid dienone is 2. The molecule has 0 amide bonds. The van der Waals surface area contributed by atoms with Gasteiger partial charge < -0.3 is 23.5 Å². The Balaban J connectivity index is 2.46. The van der Waals surface area contributed by atoms with Crippen LogP contribution in [0.2, 0.25) is 0 Å². The van der Waals surface area contributed by atoms with E-state index in [4.69, 9.17) is 18.9 Å². The van der Waals surface area contributed by atoms with Crippen LogP contribution in [0.4, 0.5) is 0 Å². The van der Waals surface area contributed by atoms with Gasteiger partial charge in [-0.15, -0.1) is 0 Å². The van der Waals surface area contributed by atoms with Crippen molar-refractivity contribution >= 4 is 6.08 Å². The Morgan fingerprint density at radius 3 is 2.24 bits per heavy atom. The third-order valence-corrected chi connectivity index (χ3v) is 3.15. The second-order valence-corrected chi connectivity index (χ2v) is 4.92. The molecular formula is C19H28N2O4. The van der Waals surface area contributed by atoms with Crippen molar-refractivity contribution in [1.82, 2.24) is 9.55 Å². The first-order valence-electron chi connectivity index (χ1n) is 8.27. The smallest absolute Gasteiger partial charge is 0.111 e. The molecule has 0 unspecified atom stereocenters. The predicted octanol–water partition coefficient (Wildman–Crippen LogP) is 2.98. The summed E-state index contributed by atoms with van der Waals surface area (Å²) >= 11 is 0. The molecule has 0 saturated carbocycles. The van der Waals surface area contributed by atoms with E-state index in [1.165, 1.54) is 12.5 Å². The summed E-state index contributed by atoms with van der Waals surface area (Å²) in [5.41, 5.74) is 0.889. The molecule has 0 bridgehead atoms. The van der Waals surface area contributed by atoms with E-state index in [0.29, 0.717) is 39.6 Å².